The van der Waals surface area contributed by atoms with Crippen molar-refractivity contribution in [3.63, 3.8) is 0 Å². The van der Waals surface area contributed by atoms with Crippen molar-refractivity contribution in [3.05, 3.63) is 23.9 Å². The Bertz CT molecular complexity index is 536. The molecule has 0 saturated heterocycles. The number of hydrogen-bond acceptors (Lipinski definition) is 4. The van der Waals surface area contributed by atoms with Crippen molar-refractivity contribution < 1.29 is 9.47 Å². The highest BCUT2D eigenvalue weighted by molar-refractivity contribution is 14.0. The normalized spacial score (nSPS) is 15.1. The highest BCUT2D eigenvalue weighted by Gasteiger charge is 2.13. The molecule has 27 heavy (non-hydrogen) atoms. The molecule has 1 heterocycles. The van der Waals surface area contributed by atoms with E-state index in [1.54, 1.807) is 6.20 Å². The number of aromatic nitrogens is 1. The van der Waals surface area contributed by atoms with Crippen molar-refractivity contribution in [1.29, 1.82) is 0 Å². The first-order valence-electron chi connectivity index (χ1n) is 10.0. The molecule has 2 rings (SSSR count). The maximum Gasteiger partial charge on any atom is 0.218 e. The Morgan fingerprint density at radius 1 is 1.22 bits per heavy atom. The van der Waals surface area contributed by atoms with E-state index in [0.717, 1.165) is 37.6 Å². The summed E-state index contributed by atoms with van der Waals surface area (Å²) in [6.07, 6.45) is 9.66. The van der Waals surface area contributed by atoms with Gasteiger partial charge in [-0.2, -0.15) is 0 Å². The van der Waals surface area contributed by atoms with E-state index < -0.39 is 0 Å². The molecular formula is C20H35IN4O2. The Labute approximate surface area is 180 Å². The van der Waals surface area contributed by atoms with Gasteiger partial charge in [-0.1, -0.05) is 25.3 Å². The second-order valence-corrected chi connectivity index (χ2v) is 6.51. The monoisotopic (exact) mass is 490 g/mol. The van der Waals surface area contributed by atoms with E-state index in [4.69, 9.17) is 9.47 Å². The molecule has 7 heteroatoms. The SMILES string of the molecule is CCNC(=NCc1cccnc1OCC)NCCCOC1CCCCC1.I. The van der Waals surface area contributed by atoms with Gasteiger partial charge in [0.15, 0.2) is 5.96 Å². The van der Waals surface area contributed by atoms with Gasteiger partial charge in [-0.3, -0.25) is 0 Å². The number of nitrogens with zero attached hydrogens (tertiary/aromatic N) is 2. The van der Waals surface area contributed by atoms with Crippen LogP contribution in [0.3, 0.4) is 0 Å². The van der Waals surface area contributed by atoms with Gasteiger partial charge >= 0.3 is 0 Å². The van der Waals surface area contributed by atoms with Crippen molar-refractivity contribution in [2.24, 2.45) is 4.99 Å². The van der Waals surface area contributed by atoms with Gasteiger partial charge in [-0.05, 0) is 39.2 Å². The largest absolute Gasteiger partial charge is 0.478 e. The molecule has 0 radical (unpaired) electrons. The van der Waals surface area contributed by atoms with E-state index >= 15 is 0 Å². The molecule has 0 aromatic carbocycles. The van der Waals surface area contributed by atoms with E-state index in [0.29, 0.717) is 25.1 Å². The molecule has 154 valence electrons. The summed E-state index contributed by atoms with van der Waals surface area (Å²) in [7, 11) is 0. The first kappa shape index (κ1) is 23.9. The van der Waals surface area contributed by atoms with Crippen molar-refractivity contribution in [3.8, 4) is 5.88 Å². The van der Waals surface area contributed by atoms with Crippen LogP contribution in [0.4, 0.5) is 0 Å². The maximum atomic E-state index is 5.97. The Kier molecular flexibility index (Phi) is 13.2. The summed E-state index contributed by atoms with van der Waals surface area (Å²) >= 11 is 0. The van der Waals surface area contributed by atoms with Crippen molar-refractivity contribution >= 4 is 29.9 Å². The van der Waals surface area contributed by atoms with Gasteiger partial charge in [0.05, 0.1) is 19.3 Å². The molecule has 0 bridgehead atoms. The summed E-state index contributed by atoms with van der Waals surface area (Å²) in [5.74, 6) is 1.48. The Morgan fingerprint density at radius 3 is 2.78 bits per heavy atom. The fourth-order valence-electron chi connectivity index (χ4n) is 3.08. The number of ether oxygens (including phenoxy) is 2. The third kappa shape index (κ3) is 9.60. The molecule has 0 spiro atoms. The number of halogens is 1. The van der Waals surface area contributed by atoms with Gasteiger partial charge in [0, 0.05) is 31.5 Å². The van der Waals surface area contributed by atoms with Crippen LogP contribution in [-0.2, 0) is 11.3 Å². The summed E-state index contributed by atoms with van der Waals surface area (Å²) in [5, 5.41) is 6.66. The van der Waals surface area contributed by atoms with Crippen LogP contribution in [0.2, 0.25) is 0 Å². The smallest absolute Gasteiger partial charge is 0.218 e. The highest BCUT2D eigenvalue weighted by Crippen LogP contribution is 2.20. The third-order valence-electron chi connectivity index (χ3n) is 4.40. The predicted molar refractivity (Wildman–Crippen MR) is 121 cm³/mol. The van der Waals surface area contributed by atoms with Crippen molar-refractivity contribution in [2.75, 3.05) is 26.3 Å². The minimum Gasteiger partial charge on any atom is -0.478 e. The molecule has 0 atom stereocenters. The Hall–Kier alpha value is -1.09. The van der Waals surface area contributed by atoms with Crippen LogP contribution >= 0.6 is 24.0 Å². The van der Waals surface area contributed by atoms with Gasteiger partial charge in [0.25, 0.3) is 0 Å². The molecule has 0 amide bonds. The fourth-order valence-corrected chi connectivity index (χ4v) is 3.08. The number of aliphatic imine (C=N–C) groups is 1. The van der Waals surface area contributed by atoms with Crippen LogP contribution in [0.1, 0.15) is 57.9 Å². The van der Waals surface area contributed by atoms with Gasteiger partial charge in [0.1, 0.15) is 0 Å². The lowest BCUT2D eigenvalue weighted by molar-refractivity contribution is 0.0277. The van der Waals surface area contributed by atoms with Crippen LogP contribution in [0, 0.1) is 0 Å². The second-order valence-electron chi connectivity index (χ2n) is 6.51. The van der Waals surface area contributed by atoms with Crippen molar-refractivity contribution in [2.45, 2.75) is 65.0 Å². The number of pyridine rings is 1. The minimum absolute atomic E-state index is 0. The quantitative estimate of drug-likeness (QED) is 0.226. The predicted octanol–water partition coefficient (Wildman–Crippen LogP) is 3.89. The Morgan fingerprint density at radius 2 is 2.04 bits per heavy atom. The minimum atomic E-state index is 0. The van der Waals surface area contributed by atoms with Crippen LogP contribution in [0.5, 0.6) is 5.88 Å². The average Bonchev–Trinajstić information content (AvgIpc) is 2.68. The first-order chi connectivity index (χ1) is 12.8. The van der Waals surface area contributed by atoms with E-state index in [1.807, 2.05) is 19.1 Å². The zero-order valence-corrected chi connectivity index (χ0v) is 19.0. The number of hydrogen-bond donors (Lipinski definition) is 2. The topological polar surface area (TPSA) is 67.8 Å². The van der Waals surface area contributed by atoms with Crippen LogP contribution in [-0.4, -0.2) is 43.4 Å². The molecule has 1 aliphatic rings. The molecule has 1 fully saturated rings. The van der Waals surface area contributed by atoms with E-state index in [1.165, 1.54) is 32.1 Å². The van der Waals surface area contributed by atoms with Crippen LogP contribution in [0.25, 0.3) is 0 Å². The fraction of sp³-hybridized carbons (Fsp3) is 0.700. The third-order valence-corrected chi connectivity index (χ3v) is 4.40. The molecule has 1 saturated carbocycles. The van der Waals surface area contributed by atoms with Crippen LogP contribution in [0.15, 0.2) is 23.3 Å². The first-order valence-corrected chi connectivity index (χ1v) is 10.0. The molecule has 2 N–H and O–H groups in total. The van der Waals surface area contributed by atoms with E-state index in [-0.39, 0.29) is 24.0 Å². The number of nitrogens with one attached hydrogen (secondary N) is 2. The molecule has 1 aromatic rings. The number of rotatable bonds is 10. The lowest BCUT2D eigenvalue weighted by atomic mass is 9.98. The second kappa shape index (κ2) is 14.9. The van der Waals surface area contributed by atoms with E-state index in [9.17, 15) is 0 Å². The molecule has 1 aliphatic carbocycles. The highest BCUT2D eigenvalue weighted by atomic mass is 127. The molecule has 1 aromatic heterocycles. The molecule has 6 nitrogen and oxygen atoms in total. The molecule has 0 aliphatic heterocycles. The molecule has 0 unspecified atom stereocenters. The standard InChI is InChI=1S/C20H34N4O2.HI/c1-3-21-20(23-14-9-15-26-18-11-6-5-7-12-18)24-16-17-10-8-13-22-19(17)25-4-2;/h8,10,13,18H,3-7,9,11-12,14-16H2,1-2H3,(H2,21,23,24);1H. The lowest BCUT2D eigenvalue weighted by Gasteiger charge is -2.22. The summed E-state index contributed by atoms with van der Waals surface area (Å²) in [5.41, 5.74) is 0.993. The van der Waals surface area contributed by atoms with Gasteiger partial charge in [0.2, 0.25) is 5.88 Å². The van der Waals surface area contributed by atoms with E-state index in [2.05, 4.69) is 27.5 Å². The lowest BCUT2D eigenvalue weighted by Crippen LogP contribution is -2.38. The van der Waals surface area contributed by atoms with Gasteiger partial charge < -0.3 is 20.1 Å². The molecular weight excluding hydrogens is 455 g/mol. The maximum absolute atomic E-state index is 5.97. The van der Waals surface area contributed by atoms with Crippen molar-refractivity contribution in [1.82, 2.24) is 15.6 Å². The van der Waals surface area contributed by atoms with Gasteiger partial charge in [-0.25, -0.2) is 9.98 Å². The zero-order valence-electron chi connectivity index (χ0n) is 16.7. The van der Waals surface area contributed by atoms with Gasteiger partial charge in [-0.15, -0.1) is 24.0 Å². The van der Waals surface area contributed by atoms with Crippen LogP contribution < -0.4 is 15.4 Å². The summed E-state index contributed by atoms with van der Waals surface area (Å²) in [4.78, 5) is 8.92. The number of guanidine groups is 1. The zero-order chi connectivity index (χ0) is 18.5. The Balaban J connectivity index is 0.00000364. The summed E-state index contributed by atoms with van der Waals surface area (Å²) < 4.78 is 11.5. The summed E-state index contributed by atoms with van der Waals surface area (Å²) in [6, 6.07) is 3.92. The summed E-state index contributed by atoms with van der Waals surface area (Å²) in [6.45, 7) is 7.67. The average molecular weight is 490 g/mol.